The maximum atomic E-state index is 12.5. The standard InChI is InChI=1S/C23H29N3O2S/c1-14(2)18-5-3-4-6-19(18)24-20(27)13-29-22-26-25-21(28-22)23-10-15-7-16(11-23)9-17(8-15)12-23/h3-6,14-17H,7-13H2,1-2H3,(H,24,27). The Morgan fingerprint density at radius 2 is 1.79 bits per heavy atom. The highest BCUT2D eigenvalue weighted by Crippen LogP contribution is 2.60. The van der Waals surface area contributed by atoms with Gasteiger partial charge in [0.05, 0.1) is 5.75 Å². The van der Waals surface area contributed by atoms with E-state index in [1.165, 1.54) is 50.3 Å². The minimum absolute atomic E-state index is 0.0438. The Balaban J connectivity index is 1.22. The summed E-state index contributed by atoms with van der Waals surface area (Å²) in [5.41, 5.74) is 2.14. The van der Waals surface area contributed by atoms with Crippen molar-refractivity contribution < 1.29 is 9.21 Å². The number of hydrogen-bond donors (Lipinski definition) is 1. The third kappa shape index (κ3) is 3.72. The molecule has 2 aromatic rings. The first-order valence-corrected chi connectivity index (χ1v) is 11.8. The lowest BCUT2D eigenvalue weighted by Gasteiger charge is -2.55. The summed E-state index contributed by atoms with van der Waals surface area (Å²) >= 11 is 1.33. The van der Waals surface area contributed by atoms with Gasteiger partial charge < -0.3 is 9.73 Å². The first kappa shape index (κ1) is 19.2. The molecular weight excluding hydrogens is 382 g/mol. The SMILES string of the molecule is CC(C)c1ccccc1NC(=O)CSc1nnc(C23CC4CC(CC(C4)C2)C3)o1. The van der Waals surface area contributed by atoms with Crippen LogP contribution in [0.25, 0.3) is 0 Å². The van der Waals surface area contributed by atoms with Crippen LogP contribution in [0.3, 0.4) is 0 Å². The molecule has 1 aromatic heterocycles. The monoisotopic (exact) mass is 411 g/mol. The molecule has 0 atom stereocenters. The van der Waals surface area contributed by atoms with Crippen LogP contribution >= 0.6 is 11.8 Å². The molecule has 1 N–H and O–H groups in total. The molecule has 0 unspecified atom stereocenters. The van der Waals surface area contributed by atoms with E-state index in [4.69, 9.17) is 4.42 Å². The van der Waals surface area contributed by atoms with E-state index in [0.29, 0.717) is 11.1 Å². The molecule has 4 fully saturated rings. The average Bonchev–Trinajstić information content (AvgIpc) is 3.16. The molecule has 0 spiro atoms. The number of carbonyl (C=O) groups is 1. The van der Waals surface area contributed by atoms with E-state index in [1.807, 2.05) is 18.2 Å². The summed E-state index contributed by atoms with van der Waals surface area (Å²) in [5, 5.41) is 12.2. The molecule has 0 saturated heterocycles. The van der Waals surface area contributed by atoms with Crippen LogP contribution in [0.2, 0.25) is 0 Å². The number of thioether (sulfide) groups is 1. The molecule has 29 heavy (non-hydrogen) atoms. The second-order valence-electron chi connectivity index (χ2n) is 9.65. The Kier molecular flexibility index (Phi) is 4.93. The quantitative estimate of drug-likeness (QED) is 0.645. The van der Waals surface area contributed by atoms with E-state index < -0.39 is 0 Å². The summed E-state index contributed by atoms with van der Waals surface area (Å²) in [6, 6.07) is 7.97. The van der Waals surface area contributed by atoms with Gasteiger partial charge in [-0.3, -0.25) is 4.79 Å². The number of aromatic nitrogens is 2. The Hall–Kier alpha value is -1.82. The number of amides is 1. The third-order valence-electron chi connectivity index (χ3n) is 7.08. The van der Waals surface area contributed by atoms with Gasteiger partial charge in [-0.1, -0.05) is 43.8 Å². The molecule has 6 rings (SSSR count). The van der Waals surface area contributed by atoms with Crippen molar-refractivity contribution in [2.24, 2.45) is 17.8 Å². The predicted molar refractivity (Wildman–Crippen MR) is 114 cm³/mol. The van der Waals surface area contributed by atoms with Crippen molar-refractivity contribution in [3.05, 3.63) is 35.7 Å². The molecule has 0 aliphatic heterocycles. The molecule has 4 aliphatic rings. The highest BCUT2D eigenvalue weighted by molar-refractivity contribution is 7.99. The van der Waals surface area contributed by atoms with Crippen molar-refractivity contribution in [2.45, 2.75) is 68.9 Å². The average molecular weight is 412 g/mol. The van der Waals surface area contributed by atoms with Crippen LogP contribution < -0.4 is 5.32 Å². The second kappa shape index (κ2) is 7.46. The summed E-state index contributed by atoms with van der Waals surface area (Å²) in [4.78, 5) is 12.5. The molecule has 4 aliphatic carbocycles. The van der Waals surface area contributed by atoms with Crippen LogP contribution in [0.15, 0.2) is 33.9 Å². The first-order chi connectivity index (χ1) is 14.0. The summed E-state index contributed by atoms with van der Waals surface area (Å²) in [6.07, 6.45) is 7.81. The number of benzene rings is 1. The predicted octanol–water partition coefficient (Wildman–Crippen LogP) is 5.39. The Morgan fingerprint density at radius 3 is 2.45 bits per heavy atom. The van der Waals surface area contributed by atoms with Crippen molar-refractivity contribution >= 4 is 23.4 Å². The maximum Gasteiger partial charge on any atom is 0.277 e. The van der Waals surface area contributed by atoms with E-state index in [1.54, 1.807) is 0 Å². The van der Waals surface area contributed by atoms with Crippen molar-refractivity contribution in [1.29, 1.82) is 0 Å². The van der Waals surface area contributed by atoms with E-state index in [2.05, 4.69) is 35.4 Å². The fourth-order valence-electron chi connectivity index (χ4n) is 6.28. The van der Waals surface area contributed by atoms with Gasteiger partial charge in [-0.15, -0.1) is 10.2 Å². The number of nitrogens with one attached hydrogen (secondary N) is 1. The van der Waals surface area contributed by atoms with Crippen molar-refractivity contribution in [2.75, 3.05) is 11.1 Å². The van der Waals surface area contributed by atoms with Gasteiger partial charge in [-0.25, -0.2) is 0 Å². The molecule has 1 amide bonds. The zero-order valence-corrected chi connectivity index (χ0v) is 18.0. The van der Waals surface area contributed by atoms with E-state index in [-0.39, 0.29) is 17.1 Å². The molecule has 1 aromatic carbocycles. The van der Waals surface area contributed by atoms with Crippen molar-refractivity contribution in [3.8, 4) is 0 Å². The molecule has 4 saturated carbocycles. The minimum atomic E-state index is -0.0438. The smallest absolute Gasteiger partial charge is 0.277 e. The second-order valence-corrected chi connectivity index (χ2v) is 10.6. The van der Waals surface area contributed by atoms with Crippen LogP contribution in [0.1, 0.15) is 69.7 Å². The van der Waals surface area contributed by atoms with E-state index in [0.717, 1.165) is 34.9 Å². The molecule has 4 bridgehead atoms. The van der Waals surface area contributed by atoms with Gasteiger partial charge in [0, 0.05) is 11.1 Å². The van der Waals surface area contributed by atoms with Gasteiger partial charge in [-0.2, -0.15) is 0 Å². The number of hydrogen-bond acceptors (Lipinski definition) is 5. The number of para-hydroxylation sites is 1. The lowest BCUT2D eigenvalue weighted by atomic mass is 9.49. The van der Waals surface area contributed by atoms with Crippen molar-refractivity contribution in [1.82, 2.24) is 10.2 Å². The Morgan fingerprint density at radius 1 is 1.14 bits per heavy atom. The molecule has 1 heterocycles. The van der Waals surface area contributed by atoms with Crippen LogP contribution in [0.4, 0.5) is 5.69 Å². The lowest BCUT2D eigenvalue weighted by Crippen LogP contribution is -2.48. The van der Waals surface area contributed by atoms with E-state index >= 15 is 0 Å². The first-order valence-electron chi connectivity index (χ1n) is 10.9. The highest BCUT2D eigenvalue weighted by Gasteiger charge is 2.54. The molecule has 154 valence electrons. The fourth-order valence-corrected chi connectivity index (χ4v) is 6.85. The van der Waals surface area contributed by atoms with Crippen LogP contribution in [-0.4, -0.2) is 21.9 Å². The van der Waals surface area contributed by atoms with Gasteiger partial charge in [0.2, 0.25) is 11.8 Å². The Bertz CT molecular complexity index is 872. The fraction of sp³-hybridized carbons (Fsp3) is 0.609. The number of nitrogens with zero attached hydrogens (tertiary/aromatic N) is 2. The third-order valence-corrected chi connectivity index (χ3v) is 7.90. The maximum absolute atomic E-state index is 12.5. The van der Waals surface area contributed by atoms with Crippen LogP contribution in [0, 0.1) is 17.8 Å². The molecule has 5 nitrogen and oxygen atoms in total. The topological polar surface area (TPSA) is 68.0 Å². The van der Waals surface area contributed by atoms with Gasteiger partial charge in [0.15, 0.2) is 0 Å². The highest BCUT2D eigenvalue weighted by atomic mass is 32.2. The zero-order valence-electron chi connectivity index (χ0n) is 17.2. The summed E-state index contributed by atoms with van der Waals surface area (Å²) in [5.74, 6) is 3.94. The van der Waals surface area contributed by atoms with Gasteiger partial charge >= 0.3 is 0 Å². The van der Waals surface area contributed by atoms with Gasteiger partial charge in [0.1, 0.15) is 0 Å². The number of carbonyl (C=O) groups excluding carboxylic acids is 1. The zero-order chi connectivity index (χ0) is 20.0. The Labute approximate surface area is 176 Å². The van der Waals surface area contributed by atoms with Gasteiger partial charge in [0.25, 0.3) is 5.22 Å². The summed E-state index contributed by atoms with van der Waals surface area (Å²) in [6.45, 7) is 4.26. The molecule has 6 heteroatoms. The lowest BCUT2D eigenvalue weighted by molar-refractivity contribution is -0.113. The van der Waals surface area contributed by atoms with Gasteiger partial charge in [-0.05, 0) is 73.8 Å². The number of rotatable bonds is 6. The normalized spacial score (nSPS) is 30.1. The molecule has 0 radical (unpaired) electrons. The largest absolute Gasteiger partial charge is 0.415 e. The summed E-state index contributed by atoms with van der Waals surface area (Å²) in [7, 11) is 0. The summed E-state index contributed by atoms with van der Waals surface area (Å²) < 4.78 is 6.09. The van der Waals surface area contributed by atoms with Crippen molar-refractivity contribution in [3.63, 3.8) is 0 Å². The minimum Gasteiger partial charge on any atom is -0.415 e. The number of anilines is 1. The van der Waals surface area contributed by atoms with Crippen LogP contribution in [0.5, 0.6) is 0 Å². The molecular formula is C23H29N3O2S. The van der Waals surface area contributed by atoms with Crippen LogP contribution in [-0.2, 0) is 10.2 Å². The van der Waals surface area contributed by atoms with E-state index in [9.17, 15) is 4.79 Å².